The number of likely N-dealkylation sites (tertiary alicyclic amines) is 1. The van der Waals surface area contributed by atoms with E-state index in [1.54, 1.807) is 11.1 Å². The minimum absolute atomic E-state index is 0.00865. The zero-order chi connectivity index (χ0) is 17.8. The maximum atomic E-state index is 12.3. The lowest BCUT2D eigenvalue weighted by Crippen LogP contribution is -2.42. The number of hydrogen-bond acceptors (Lipinski definition) is 4. The zero-order valence-corrected chi connectivity index (χ0v) is 15.2. The van der Waals surface area contributed by atoms with E-state index in [0.717, 1.165) is 37.5 Å². The van der Waals surface area contributed by atoms with E-state index in [9.17, 15) is 4.79 Å². The maximum Gasteiger partial charge on any atom is 0.239 e. The minimum atomic E-state index is 0.00865. The van der Waals surface area contributed by atoms with Crippen molar-refractivity contribution < 1.29 is 9.53 Å². The number of benzene rings is 1. The monoisotopic (exact) mass is 342 g/mol. The highest BCUT2D eigenvalue weighted by Gasteiger charge is 2.31. The first-order valence-corrected chi connectivity index (χ1v) is 8.68. The summed E-state index contributed by atoms with van der Waals surface area (Å²) < 4.78 is 7.74. The number of hydrogen-bond donors (Lipinski definition) is 0. The SMILES string of the molecule is CN(C)C(=O)C1CCCN1Cc1ccc(OCc2nccn2C)cc1. The topological polar surface area (TPSA) is 50.6 Å². The number of imidazole rings is 1. The molecule has 1 aliphatic heterocycles. The third-order valence-corrected chi connectivity index (χ3v) is 4.69. The van der Waals surface area contributed by atoms with Gasteiger partial charge in [0.2, 0.25) is 5.91 Å². The molecule has 3 rings (SSSR count). The van der Waals surface area contributed by atoms with Crippen molar-refractivity contribution in [1.82, 2.24) is 19.4 Å². The van der Waals surface area contributed by atoms with Crippen molar-refractivity contribution in [2.75, 3.05) is 20.6 Å². The Morgan fingerprint density at radius 3 is 2.72 bits per heavy atom. The summed E-state index contributed by atoms with van der Waals surface area (Å²) in [6.07, 6.45) is 5.70. The minimum Gasteiger partial charge on any atom is -0.486 e. The number of aromatic nitrogens is 2. The van der Waals surface area contributed by atoms with Gasteiger partial charge in [-0.1, -0.05) is 12.1 Å². The summed E-state index contributed by atoms with van der Waals surface area (Å²) in [5, 5.41) is 0. The van der Waals surface area contributed by atoms with Crippen molar-refractivity contribution >= 4 is 5.91 Å². The van der Waals surface area contributed by atoms with Gasteiger partial charge in [-0.15, -0.1) is 0 Å². The van der Waals surface area contributed by atoms with Gasteiger partial charge in [-0.3, -0.25) is 9.69 Å². The smallest absolute Gasteiger partial charge is 0.239 e. The molecule has 1 amide bonds. The van der Waals surface area contributed by atoms with Crippen molar-refractivity contribution in [3.63, 3.8) is 0 Å². The van der Waals surface area contributed by atoms with Gasteiger partial charge in [0.15, 0.2) is 0 Å². The van der Waals surface area contributed by atoms with Crippen molar-refractivity contribution in [2.45, 2.75) is 32.0 Å². The summed E-state index contributed by atoms with van der Waals surface area (Å²) in [6, 6.07) is 8.12. The number of nitrogens with zero attached hydrogens (tertiary/aromatic N) is 4. The fraction of sp³-hybridized carbons (Fsp3) is 0.474. The van der Waals surface area contributed by atoms with Crippen molar-refractivity contribution in [1.29, 1.82) is 0 Å². The molecule has 0 spiro atoms. The Hall–Kier alpha value is -2.34. The Kier molecular flexibility index (Phi) is 5.38. The van der Waals surface area contributed by atoms with E-state index in [-0.39, 0.29) is 11.9 Å². The number of rotatable bonds is 6. The Bertz CT molecular complexity index is 708. The second kappa shape index (κ2) is 7.70. The van der Waals surface area contributed by atoms with Gasteiger partial charge in [0.25, 0.3) is 0 Å². The molecule has 6 heteroatoms. The fourth-order valence-corrected chi connectivity index (χ4v) is 3.20. The standard InChI is InChI=1S/C19H26N4O2/c1-21(2)19(24)17-5-4-11-23(17)13-15-6-8-16(9-7-15)25-14-18-20-10-12-22(18)3/h6-10,12,17H,4-5,11,13-14H2,1-3H3. The van der Waals surface area contributed by atoms with Gasteiger partial charge in [-0.2, -0.15) is 0 Å². The summed E-state index contributed by atoms with van der Waals surface area (Å²) in [7, 11) is 5.61. The quantitative estimate of drug-likeness (QED) is 0.806. The number of amides is 1. The number of carbonyl (C=O) groups excluding carboxylic acids is 1. The zero-order valence-electron chi connectivity index (χ0n) is 15.2. The van der Waals surface area contributed by atoms with Crippen LogP contribution in [0.15, 0.2) is 36.7 Å². The van der Waals surface area contributed by atoms with E-state index in [4.69, 9.17) is 4.74 Å². The van der Waals surface area contributed by atoms with Crippen molar-refractivity contribution in [2.24, 2.45) is 7.05 Å². The second-order valence-corrected chi connectivity index (χ2v) is 6.75. The number of aryl methyl sites for hydroxylation is 1. The first-order chi connectivity index (χ1) is 12.0. The van der Waals surface area contributed by atoms with Crippen LogP contribution in [0.2, 0.25) is 0 Å². The van der Waals surface area contributed by atoms with Crippen LogP contribution >= 0.6 is 0 Å². The molecule has 1 fully saturated rings. The summed E-state index contributed by atoms with van der Waals surface area (Å²) >= 11 is 0. The van der Waals surface area contributed by atoms with E-state index in [0.29, 0.717) is 6.61 Å². The predicted molar refractivity (Wildman–Crippen MR) is 96.1 cm³/mol. The molecular formula is C19H26N4O2. The molecule has 1 aromatic carbocycles. The molecule has 1 saturated heterocycles. The molecule has 2 aromatic rings. The van der Waals surface area contributed by atoms with Crippen molar-refractivity contribution in [3.8, 4) is 5.75 Å². The lowest BCUT2D eigenvalue weighted by Gasteiger charge is -2.26. The largest absolute Gasteiger partial charge is 0.486 e. The molecule has 1 unspecified atom stereocenters. The molecule has 1 aromatic heterocycles. The van der Waals surface area contributed by atoms with Crippen LogP contribution in [-0.2, 0) is 25.0 Å². The second-order valence-electron chi connectivity index (χ2n) is 6.75. The van der Waals surface area contributed by atoms with Gasteiger partial charge < -0.3 is 14.2 Å². The molecular weight excluding hydrogens is 316 g/mol. The first-order valence-electron chi connectivity index (χ1n) is 8.68. The molecule has 134 valence electrons. The van der Waals surface area contributed by atoms with Crippen LogP contribution in [0.25, 0.3) is 0 Å². The summed E-state index contributed by atoms with van der Waals surface area (Å²) in [5.41, 5.74) is 1.20. The Balaban J connectivity index is 1.57. The highest BCUT2D eigenvalue weighted by Crippen LogP contribution is 2.22. The third-order valence-electron chi connectivity index (χ3n) is 4.69. The van der Waals surface area contributed by atoms with Gasteiger partial charge >= 0.3 is 0 Å². The van der Waals surface area contributed by atoms with Crippen LogP contribution in [0.4, 0.5) is 0 Å². The third kappa shape index (κ3) is 4.20. The van der Waals surface area contributed by atoms with E-state index in [2.05, 4.69) is 22.0 Å². The first kappa shape index (κ1) is 17.5. The molecule has 0 bridgehead atoms. The number of ether oxygens (including phenoxy) is 1. The summed E-state index contributed by atoms with van der Waals surface area (Å²) in [4.78, 5) is 20.5. The highest BCUT2D eigenvalue weighted by molar-refractivity contribution is 5.81. The Morgan fingerprint density at radius 2 is 2.08 bits per heavy atom. The Morgan fingerprint density at radius 1 is 1.32 bits per heavy atom. The van der Waals surface area contributed by atoms with Crippen LogP contribution in [0.5, 0.6) is 5.75 Å². The molecule has 0 radical (unpaired) electrons. The van der Waals surface area contributed by atoms with Gasteiger partial charge in [0.1, 0.15) is 18.2 Å². The molecule has 1 aliphatic rings. The van der Waals surface area contributed by atoms with Gasteiger partial charge in [0.05, 0.1) is 6.04 Å². The average molecular weight is 342 g/mol. The molecule has 2 heterocycles. The van der Waals surface area contributed by atoms with Crippen LogP contribution < -0.4 is 4.74 Å². The highest BCUT2D eigenvalue weighted by atomic mass is 16.5. The summed E-state index contributed by atoms with van der Waals surface area (Å²) in [5.74, 6) is 1.92. The molecule has 6 nitrogen and oxygen atoms in total. The molecule has 0 N–H and O–H groups in total. The maximum absolute atomic E-state index is 12.3. The van der Waals surface area contributed by atoms with Gasteiger partial charge in [0, 0.05) is 40.1 Å². The molecule has 25 heavy (non-hydrogen) atoms. The number of likely N-dealkylation sites (N-methyl/N-ethyl adjacent to an activating group) is 1. The summed E-state index contributed by atoms with van der Waals surface area (Å²) in [6.45, 7) is 2.22. The van der Waals surface area contributed by atoms with Gasteiger partial charge in [-0.05, 0) is 37.1 Å². The van der Waals surface area contributed by atoms with E-state index in [1.807, 2.05) is 44.0 Å². The molecule has 0 aliphatic carbocycles. The van der Waals surface area contributed by atoms with Gasteiger partial charge in [-0.25, -0.2) is 4.98 Å². The van der Waals surface area contributed by atoms with E-state index in [1.165, 1.54) is 5.56 Å². The number of carbonyl (C=O) groups is 1. The molecule has 1 atom stereocenters. The van der Waals surface area contributed by atoms with Crippen LogP contribution in [0.1, 0.15) is 24.2 Å². The lowest BCUT2D eigenvalue weighted by atomic mass is 10.1. The lowest BCUT2D eigenvalue weighted by molar-refractivity contribution is -0.133. The predicted octanol–water partition coefficient (Wildman–Crippen LogP) is 2.05. The van der Waals surface area contributed by atoms with Crippen LogP contribution in [0.3, 0.4) is 0 Å². The molecule has 0 saturated carbocycles. The van der Waals surface area contributed by atoms with E-state index < -0.39 is 0 Å². The van der Waals surface area contributed by atoms with Crippen LogP contribution in [-0.4, -0.2) is 51.9 Å². The van der Waals surface area contributed by atoms with E-state index >= 15 is 0 Å². The normalized spacial score (nSPS) is 17.6. The Labute approximate surface area is 149 Å². The van der Waals surface area contributed by atoms with Crippen LogP contribution in [0, 0.1) is 0 Å². The van der Waals surface area contributed by atoms with Crippen molar-refractivity contribution in [3.05, 3.63) is 48.0 Å². The average Bonchev–Trinajstić information content (AvgIpc) is 3.22. The fourth-order valence-electron chi connectivity index (χ4n) is 3.20.